The Bertz CT molecular complexity index is 352. The van der Waals surface area contributed by atoms with Gasteiger partial charge in [-0.2, -0.15) is 0 Å². The van der Waals surface area contributed by atoms with Crippen molar-refractivity contribution in [3.05, 3.63) is 35.9 Å². The number of carbonyl (C=O) groups is 1. The first-order valence-corrected chi connectivity index (χ1v) is 6.53. The maximum atomic E-state index is 11.9. The van der Waals surface area contributed by atoms with Crippen LogP contribution >= 0.6 is 0 Å². The van der Waals surface area contributed by atoms with Crippen LogP contribution in [0.25, 0.3) is 0 Å². The summed E-state index contributed by atoms with van der Waals surface area (Å²) in [6, 6.07) is 9.23. The van der Waals surface area contributed by atoms with Gasteiger partial charge < -0.3 is 4.74 Å². The van der Waals surface area contributed by atoms with E-state index in [9.17, 15) is 4.79 Å². The summed E-state index contributed by atoms with van der Waals surface area (Å²) in [6.45, 7) is 2.02. The zero-order chi connectivity index (χ0) is 12.1. The monoisotopic (exact) mass is 232 g/mol. The molecule has 1 unspecified atom stereocenters. The van der Waals surface area contributed by atoms with Gasteiger partial charge in [0.25, 0.3) is 0 Å². The van der Waals surface area contributed by atoms with E-state index in [1.54, 1.807) is 12.1 Å². The Morgan fingerprint density at radius 3 is 2.47 bits per heavy atom. The molecule has 0 radical (unpaired) electrons. The standard InChI is InChI=1S/C15H20O2/c1-12(13-8-4-2-5-9-13)17-15(16)14-10-6-3-7-11-14/h3,6-7,10-13H,2,4-5,8-9H2,1H3. The number of hydrogen-bond acceptors (Lipinski definition) is 2. The summed E-state index contributed by atoms with van der Waals surface area (Å²) in [5.41, 5.74) is 0.648. The van der Waals surface area contributed by atoms with Crippen molar-refractivity contribution in [2.75, 3.05) is 0 Å². The topological polar surface area (TPSA) is 26.3 Å². The predicted octanol–water partition coefficient (Wildman–Crippen LogP) is 3.81. The fraction of sp³-hybridized carbons (Fsp3) is 0.533. The Balaban J connectivity index is 1.89. The highest BCUT2D eigenvalue weighted by atomic mass is 16.5. The van der Waals surface area contributed by atoms with Crippen molar-refractivity contribution in [1.29, 1.82) is 0 Å². The Kier molecular flexibility index (Phi) is 4.18. The van der Waals surface area contributed by atoms with Crippen LogP contribution in [-0.4, -0.2) is 12.1 Å². The van der Waals surface area contributed by atoms with E-state index < -0.39 is 0 Å². The molecule has 0 aliphatic heterocycles. The van der Waals surface area contributed by atoms with Gasteiger partial charge in [0.2, 0.25) is 0 Å². The van der Waals surface area contributed by atoms with E-state index in [0.717, 1.165) is 0 Å². The number of esters is 1. The van der Waals surface area contributed by atoms with Gasteiger partial charge in [-0.05, 0) is 37.8 Å². The summed E-state index contributed by atoms with van der Waals surface area (Å²) in [4.78, 5) is 11.9. The highest BCUT2D eigenvalue weighted by Gasteiger charge is 2.23. The summed E-state index contributed by atoms with van der Waals surface area (Å²) in [5.74, 6) is 0.361. The number of benzene rings is 1. The molecule has 0 spiro atoms. The van der Waals surface area contributed by atoms with E-state index in [0.29, 0.717) is 11.5 Å². The minimum atomic E-state index is -0.191. The third-order valence-electron chi connectivity index (χ3n) is 3.62. The molecule has 92 valence electrons. The van der Waals surface area contributed by atoms with E-state index in [1.807, 2.05) is 25.1 Å². The smallest absolute Gasteiger partial charge is 0.338 e. The third-order valence-corrected chi connectivity index (χ3v) is 3.62. The Morgan fingerprint density at radius 1 is 1.18 bits per heavy atom. The molecule has 1 aromatic carbocycles. The molecule has 0 N–H and O–H groups in total. The van der Waals surface area contributed by atoms with Crippen molar-refractivity contribution in [3.8, 4) is 0 Å². The molecule has 17 heavy (non-hydrogen) atoms. The number of rotatable bonds is 3. The number of hydrogen-bond donors (Lipinski definition) is 0. The van der Waals surface area contributed by atoms with Gasteiger partial charge in [-0.3, -0.25) is 0 Å². The highest BCUT2D eigenvalue weighted by Crippen LogP contribution is 2.28. The van der Waals surface area contributed by atoms with E-state index in [1.165, 1.54) is 32.1 Å². The minimum Gasteiger partial charge on any atom is -0.459 e. The summed E-state index contributed by atoms with van der Waals surface area (Å²) in [5, 5.41) is 0. The zero-order valence-electron chi connectivity index (χ0n) is 10.4. The SMILES string of the molecule is CC(OC(=O)c1ccccc1)C1CCCCC1. The first kappa shape index (κ1) is 12.2. The van der Waals surface area contributed by atoms with Crippen LogP contribution in [0.15, 0.2) is 30.3 Å². The van der Waals surface area contributed by atoms with Crippen LogP contribution in [0, 0.1) is 5.92 Å². The van der Waals surface area contributed by atoms with Crippen LogP contribution in [0.4, 0.5) is 0 Å². The van der Waals surface area contributed by atoms with Gasteiger partial charge in [0.15, 0.2) is 0 Å². The first-order valence-electron chi connectivity index (χ1n) is 6.53. The second-order valence-corrected chi connectivity index (χ2v) is 4.87. The van der Waals surface area contributed by atoms with Crippen LogP contribution in [0.3, 0.4) is 0 Å². The molecule has 1 fully saturated rings. The van der Waals surface area contributed by atoms with Gasteiger partial charge in [-0.1, -0.05) is 37.5 Å². The molecule has 2 nitrogen and oxygen atoms in total. The lowest BCUT2D eigenvalue weighted by Gasteiger charge is -2.27. The van der Waals surface area contributed by atoms with Crippen molar-refractivity contribution < 1.29 is 9.53 Å². The minimum absolute atomic E-state index is 0.0445. The number of ether oxygens (including phenoxy) is 1. The molecule has 0 amide bonds. The lowest BCUT2D eigenvalue weighted by atomic mass is 9.86. The average Bonchev–Trinajstić information content (AvgIpc) is 2.40. The van der Waals surface area contributed by atoms with Crippen molar-refractivity contribution >= 4 is 5.97 Å². The zero-order valence-corrected chi connectivity index (χ0v) is 10.4. The molecular formula is C15H20O2. The van der Waals surface area contributed by atoms with Crippen LogP contribution in [-0.2, 0) is 4.74 Å². The Hall–Kier alpha value is -1.31. The Morgan fingerprint density at radius 2 is 1.82 bits per heavy atom. The molecule has 0 aromatic heterocycles. The molecule has 1 aromatic rings. The summed E-state index contributed by atoms with van der Waals surface area (Å²) >= 11 is 0. The second-order valence-electron chi connectivity index (χ2n) is 4.87. The van der Waals surface area contributed by atoms with Gasteiger partial charge in [0.05, 0.1) is 5.56 Å². The van der Waals surface area contributed by atoms with Crippen LogP contribution in [0.2, 0.25) is 0 Å². The molecular weight excluding hydrogens is 212 g/mol. The van der Waals surface area contributed by atoms with E-state index in [-0.39, 0.29) is 12.1 Å². The summed E-state index contributed by atoms with van der Waals surface area (Å²) in [6.07, 6.45) is 6.32. The van der Waals surface area contributed by atoms with Gasteiger partial charge in [-0.25, -0.2) is 4.79 Å². The van der Waals surface area contributed by atoms with E-state index >= 15 is 0 Å². The molecule has 0 heterocycles. The third kappa shape index (κ3) is 3.32. The molecule has 1 aliphatic rings. The van der Waals surface area contributed by atoms with E-state index in [2.05, 4.69) is 0 Å². The maximum absolute atomic E-state index is 11.9. The van der Waals surface area contributed by atoms with Gasteiger partial charge in [-0.15, -0.1) is 0 Å². The molecule has 1 saturated carbocycles. The van der Waals surface area contributed by atoms with Crippen molar-refractivity contribution in [2.45, 2.75) is 45.1 Å². The molecule has 1 aliphatic carbocycles. The first-order chi connectivity index (χ1) is 8.27. The normalized spacial score (nSPS) is 18.6. The largest absolute Gasteiger partial charge is 0.459 e. The predicted molar refractivity (Wildman–Crippen MR) is 67.9 cm³/mol. The second kappa shape index (κ2) is 5.85. The maximum Gasteiger partial charge on any atom is 0.338 e. The summed E-state index contributed by atoms with van der Waals surface area (Å²) in [7, 11) is 0. The van der Waals surface area contributed by atoms with Crippen molar-refractivity contribution in [3.63, 3.8) is 0 Å². The molecule has 0 saturated heterocycles. The van der Waals surface area contributed by atoms with Crippen LogP contribution in [0.1, 0.15) is 49.4 Å². The molecule has 2 rings (SSSR count). The molecule has 2 heteroatoms. The van der Waals surface area contributed by atoms with Crippen LogP contribution < -0.4 is 0 Å². The van der Waals surface area contributed by atoms with Gasteiger partial charge >= 0.3 is 5.97 Å². The fourth-order valence-electron chi connectivity index (χ4n) is 2.51. The lowest BCUT2D eigenvalue weighted by molar-refractivity contribution is 0.0141. The van der Waals surface area contributed by atoms with Gasteiger partial charge in [0.1, 0.15) is 6.10 Å². The van der Waals surface area contributed by atoms with Crippen molar-refractivity contribution in [1.82, 2.24) is 0 Å². The Labute approximate surface area is 103 Å². The van der Waals surface area contributed by atoms with Crippen molar-refractivity contribution in [2.24, 2.45) is 5.92 Å². The highest BCUT2D eigenvalue weighted by molar-refractivity contribution is 5.89. The van der Waals surface area contributed by atoms with E-state index in [4.69, 9.17) is 4.74 Å². The molecule has 1 atom stereocenters. The summed E-state index contributed by atoms with van der Waals surface area (Å²) < 4.78 is 5.54. The fourth-order valence-corrected chi connectivity index (χ4v) is 2.51. The quantitative estimate of drug-likeness (QED) is 0.741. The average molecular weight is 232 g/mol. The lowest BCUT2D eigenvalue weighted by Crippen LogP contribution is -2.25. The van der Waals surface area contributed by atoms with Crippen LogP contribution in [0.5, 0.6) is 0 Å². The van der Waals surface area contributed by atoms with Gasteiger partial charge in [0, 0.05) is 0 Å². The molecule has 0 bridgehead atoms. The number of carbonyl (C=O) groups excluding carboxylic acids is 1.